The number of benzene rings is 2. The number of cyclic esters (lactones) is 1. The highest BCUT2D eigenvalue weighted by Crippen LogP contribution is 2.29. The van der Waals surface area contributed by atoms with Crippen LogP contribution in [-0.4, -0.2) is 118 Å². The van der Waals surface area contributed by atoms with Gasteiger partial charge in [-0.1, -0.05) is 18.5 Å². The minimum Gasteiger partial charge on any atom is -0.458 e. The molecular formula is C40H47ClF3N7O8. The van der Waals surface area contributed by atoms with Crippen molar-refractivity contribution >= 4 is 58.8 Å². The van der Waals surface area contributed by atoms with Crippen LogP contribution in [0.1, 0.15) is 64.9 Å². The summed E-state index contributed by atoms with van der Waals surface area (Å²) in [4.78, 5) is 102. The number of fused-ring (bicyclic) bond motifs is 3. The van der Waals surface area contributed by atoms with Gasteiger partial charge in [0, 0.05) is 37.1 Å². The van der Waals surface area contributed by atoms with Crippen LogP contribution >= 0.6 is 11.6 Å². The van der Waals surface area contributed by atoms with Crippen molar-refractivity contribution in [1.82, 2.24) is 30.7 Å². The van der Waals surface area contributed by atoms with Crippen molar-refractivity contribution in [2.75, 3.05) is 25.0 Å². The predicted octanol–water partition coefficient (Wildman–Crippen LogP) is 3.03. The topological polar surface area (TPSA) is 187 Å². The van der Waals surface area contributed by atoms with E-state index in [1.54, 1.807) is 0 Å². The van der Waals surface area contributed by atoms with E-state index in [9.17, 15) is 46.7 Å². The van der Waals surface area contributed by atoms with Gasteiger partial charge >= 0.3 is 12.0 Å². The predicted molar refractivity (Wildman–Crippen MR) is 206 cm³/mol. The molecule has 8 atom stereocenters. The SMILES string of the molecule is C[C@@H]1C[C@H]2C(=O)O[C@@H](C)[C@H](NC(=O)[C@H](Cc3cc(F)cc(F)c3)NC(=O)Nc3ccc(Cl)cc3F)C(=O)N3CCC[C@H]3C(=O)N3CCCC[C@H]3C(=O)N[C@@H](C)C(=O)N2C1. The molecule has 7 amide bonds. The Morgan fingerprint density at radius 3 is 2.24 bits per heavy atom. The normalized spacial score (nSPS) is 27.3. The molecule has 19 heteroatoms. The average molecular weight is 846 g/mol. The largest absolute Gasteiger partial charge is 0.458 e. The zero-order valence-electron chi connectivity index (χ0n) is 32.8. The summed E-state index contributed by atoms with van der Waals surface area (Å²) in [6, 6.07) is -2.67. The number of amides is 7. The average Bonchev–Trinajstić information content (AvgIpc) is 3.83. The molecule has 318 valence electrons. The summed E-state index contributed by atoms with van der Waals surface area (Å²) < 4.78 is 49.1. The van der Waals surface area contributed by atoms with Crippen LogP contribution in [-0.2, 0) is 39.9 Å². The van der Waals surface area contributed by atoms with Gasteiger partial charge in [0.05, 0.1) is 5.69 Å². The van der Waals surface area contributed by atoms with Crippen LogP contribution in [0.25, 0.3) is 0 Å². The van der Waals surface area contributed by atoms with Crippen LogP contribution in [0.3, 0.4) is 0 Å². The number of halogens is 4. The molecule has 0 spiro atoms. The Hall–Kier alpha value is -5.39. The second-order valence-corrected chi connectivity index (χ2v) is 16.1. The number of ether oxygens (including phenoxy) is 1. The van der Waals surface area contributed by atoms with Crippen molar-refractivity contribution in [3.05, 3.63) is 64.4 Å². The van der Waals surface area contributed by atoms with E-state index in [4.69, 9.17) is 16.3 Å². The molecule has 2 aromatic carbocycles. The Morgan fingerprint density at radius 2 is 1.53 bits per heavy atom. The van der Waals surface area contributed by atoms with Gasteiger partial charge in [-0.3, -0.25) is 24.0 Å². The van der Waals surface area contributed by atoms with E-state index in [0.717, 1.165) is 18.2 Å². The number of urea groups is 1. The molecule has 59 heavy (non-hydrogen) atoms. The van der Waals surface area contributed by atoms with Gasteiger partial charge < -0.3 is 40.7 Å². The highest BCUT2D eigenvalue weighted by molar-refractivity contribution is 6.30. The van der Waals surface area contributed by atoms with Gasteiger partial charge in [0.1, 0.15) is 59.8 Å². The van der Waals surface area contributed by atoms with E-state index in [1.165, 1.54) is 40.7 Å². The summed E-state index contributed by atoms with van der Waals surface area (Å²) in [5.41, 5.74) is -0.374. The van der Waals surface area contributed by atoms with Crippen LogP contribution in [0.5, 0.6) is 0 Å². The highest BCUT2D eigenvalue weighted by Gasteiger charge is 2.47. The molecule has 0 aromatic heterocycles. The number of hydrogen-bond acceptors (Lipinski definition) is 8. The third-order valence-corrected chi connectivity index (χ3v) is 11.4. The van der Waals surface area contributed by atoms with Crippen LogP contribution in [0.15, 0.2) is 36.4 Å². The number of nitrogens with zero attached hydrogens (tertiary/aromatic N) is 3. The minimum atomic E-state index is -1.69. The molecule has 4 fully saturated rings. The van der Waals surface area contributed by atoms with E-state index in [1.807, 2.05) is 6.92 Å². The lowest BCUT2D eigenvalue weighted by Gasteiger charge is -2.39. The maximum absolute atomic E-state index is 14.7. The molecule has 0 aliphatic carbocycles. The first kappa shape index (κ1) is 43.2. The maximum Gasteiger partial charge on any atom is 0.329 e. The molecule has 4 aliphatic heterocycles. The van der Waals surface area contributed by atoms with Crippen LogP contribution in [0.4, 0.5) is 23.7 Å². The van der Waals surface area contributed by atoms with E-state index in [0.29, 0.717) is 31.7 Å². The number of carbonyl (C=O) groups excluding carboxylic acids is 7. The summed E-state index contributed by atoms with van der Waals surface area (Å²) >= 11 is 5.83. The number of nitrogens with one attached hydrogen (secondary N) is 4. The zero-order chi connectivity index (χ0) is 42.7. The van der Waals surface area contributed by atoms with E-state index < -0.39 is 108 Å². The van der Waals surface area contributed by atoms with Crippen LogP contribution < -0.4 is 21.3 Å². The van der Waals surface area contributed by atoms with Crippen LogP contribution in [0, 0.1) is 23.4 Å². The van der Waals surface area contributed by atoms with Crippen LogP contribution in [0.2, 0.25) is 5.02 Å². The Labute approximate surface area is 343 Å². The fourth-order valence-electron chi connectivity index (χ4n) is 8.30. The van der Waals surface area contributed by atoms with Gasteiger partial charge in [-0.05, 0) is 94.2 Å². The fraction of sp³-hybridized carbons (Fsp3) is 0.525. The first-order chi connectivity index (χ1) is 28.0. The molecular weight excluding hydrogens is 799 g/mol. The Balaban J connectivity index is 1.34. The number of esters is 1. The molecule has 0 bridgehead atoms. The smallest absolute Gasteiger partial charge is 0.329 e. The summed E-state index contributed by atoms with van der Waals surface area (Å²) in [6.07, 6.45) is 0.443. The van der Waals surface area contributed by atoms with E-state index >= 15 is 0 Å². The van der Waals surface area contributed by atoms with E-state index in [2.05, 4.69) is 21.3 Å². The lowest BCUT2D eigenvalue weighted by atomic mass is 9.99. The quantitative estimate of drug-likeness (QED) is 0.320. The summed E-state index contributed by atoms with van der Waals surface area (Å²) in [6.45, 7) is 5.17. The standard InChI is InChI=1S/C40H47ClF3N7O8/c1-20-13-32-39(57)59-22(3)33(48-34(52)29(16-23-14-25(42)18-26(43)15-23)47-40(58)46-28-10-9-24(41)17-27(28)44)38(56)50-12-6-8-31(50)37(55)49-11-5-4-7-30(49)35(53)45-21(2)36(54)51(32)19-20/h9-10,14-15,17-18,20-22,29-33H,4-8,11-13,16,19H2,1-3H3,(H,45,53)(H,48,52)(H2,46,47,58)/t20-,21+,22+,29+,30+,31+,32+,33+/m1/s1. The molecule has 0 saturated carbocycles. The second-order valence-electron chi connectivity index (χ2n) is 15.7. The highest BCUT2D eigenvalue weighted by atomic mass is 35.5. The Morgan fingerprint density at radius 1 is 0.847 bits per heavy atom. The molecule has 6 rings (SSSR count). The summed E-state index contributed by atoms with van der Waals surface area (Å²) in [5.74, 6) is -7.31. The second kappa shape index (κ2) is 18.3. The number of carbonyl (C=O) groups is 7. The van der Waals surface area contributed by atoms with Crippen molar-refractivity contribution in [3.63, 3.8) is 0 Å². The van der Waals surface area contributed by atoms with Gasteiger partial charge in [-0.25, -0.2) is 22.8 Å². The lowest BCUT2D eigenvalue weighted by molar-refractivity contribution is -0.163. The number of rotatable bonds is 6. The Bertz CT molecular complexity index is 1990. The number of piperidine rings is 1. The van der Waals surface area contributed by atoms with E-state index in [-0.39, 0.29) is 54.7 Å². The third kappa shape index (κ3) is 9.91. The molecule has 4 saturated heterocycles. The Kier molecular flexibility index (Phi) is 13.4. The molecule has 2 aromatic rings. The first-order valence-corrected chi connectivity index (χ1v) is 20.1. The number of hydrogen-bond donors (Lipinski definition) is 4. The maximum atomic E-state index is 14.7. The van der Waals surface area contributed by atoms with Gasteiger partial charge in [-0.2, -0.15) is 0 Å². The van der Waals surface area contributed by atoms with Gasteiger partial charge in [-0.15, -0.1) is 0 Å². The molecule has 4 N–H and O–H groups in total. The van der Waals surface area contributed by atoms with Crippen molar-refractivity contribution < 1.29 is 51.5 Å². The first-order valence-electron chi connectivity index (χ1n) is 19.7. The molecule has 4 heterocycles. The van der Waals surface area contributed by atoms with Crippen molar-refractivity contribution in [2.45, 2.75) is 108 Å². The monoisotopic (exact) mass is 845 g/mol. The lowest BCUT2D eigenvalue weighted by Crippen LogP contribution is -2.63. The summed E-state index contributed by atoms with van der Waals surface area (Å²) in [5, 5.41) is 9.97. The van der Waals surface area contributed by atoms with Gasteiger partial charge in [0.15, 0.2) is 0 Å². The summed E-state index contributed by atoms with van der Waals surface area (Å²) in [7, 11) is 0. The third-order valence-electron chi connectivity index (χ3n) is 11.2. The molecule has 0 radical (unpaired) electrons. The fourth-order valence-corrected chi connectivity index (χ4v) is 8.46. The molecule has 4 aliphatic rings. The van der Waals surface area contributed by atoms with Crippen molar-refractivity contribution in [2.24, 2.45) is 5.92 Å². The van der Waals surface area contributed by atoms with Crippen molar-refractivity contribution in [3.8, 4) is 0 Å². The number of anilines is 1. The van der Waals surface area contributed by atoms with Gasteiger partial charge in [0.2, 0.25) is 29.5 Å². The van der Waals surface area contributed by atoms with Crippen molar-refractivity contribution in [1.29, 1.82) is 0 Å². The minimum absolute atomic E-state index is 0.0482. The van der Waals surface area contributed by atoms with Gasteiger partial charge in [0.25, 0.3) is 0 Å². The molecule has 15 nitrogen and oxygen atoms in total. The molecule has 0 unspecified atom stereocenters. The zero-order valence-corrected chi connectivity index (χ0v) is 33.5.